The summed E-state index contributed by atoms with van der Waals surface area (Å²) in [6.07, 6.45) is 0. The predicted molar refractivity (Wildman–Crippen MR) is 221 cm³/mol. The third-order valence-corrected chi connectivity index (χ3v) is 12.8. The summed E-state index contributed by atoms with van der Waals surface area (Å²) in [6, 6.07) is 24.4. The number of nitrogens with zero attached hydrogens (tertiary/aromatic N) is 2. The van der Waals surface area contributed by atoms with E-state index in [4.69, 9.17) is 19.3 Å². The van der Waals surface area contributed by atoms with Crippen molar-refractivity contribution in [2.24, 2.45) is 0 Å². The number of rotatable bonds is 15. The van der Waals surface area contributed by atoms with Crippen LogP contribution in [0, 0.1) is 39.3 Å². The highest BCUT2D eigenvalue weighted by molar-refractivity contribution is 7.99. The Morgan fingerprint density at radius 1 is 0.661 bits per heavy atom. The minimum atomic E-state index is -0.995. The molecule has 4 aromatic carbocycles. The molecule has 0 saturated carbocycles. The third-order valence-electron chi connectivity index (χ3n) is 8.00. The number of thiazole rings is 2. The summed E-state index contributed by atoms with van der Waals surface area (Å²) < 4.78 is 41.9. The maximum atomic E-state index is 13.1. The van der Waals surface area contributed by atoms with Gasteiger partial charge in [-0.2, -0.15) is 0 Å². The number of aromatic nitrogens is 2. The monoisotopic (exact) mass is 834 g/mol. The van der Waals surface area contributed by atoms with Gasteiger partial charge in [-0.25, -0.2) is 28.3 Å². The van der Waals surface area contributed by atoms with Gasteiger partial charge in [0.2, 0.25) is 0 Å². The second kappa shape index (κ2) is 20.4. The predicted octanol–water partition coefficient (Wildman–Crippen LogP) is 11.1. The first-order valence-corrected chi connectivity index (χ1v) is 21.0. The molecule has 0 amide bonds. The molecule has 0 bridgehead atoms. The summed E-state index contributed by atoms with van der Waals surface area (Å²) in [5.41, 5.74) is 5.67. The Labute approximate surface area is 341 Å². The van der Waals surface area contributed by atoms with Crippen molar-refractivity contribution in [1.82, 2.24) is 9.97 Å². The standard InChI is InChI=1S/C22H22FNO3S2.C20H18FNO3S2/c1-4-26-21(25)12-27-19-10-9-18(11-14(19)2)28-13-20-15(3)24-22(29-20)16-5-7-17(23)8-6-16;1-12-9-16(7-8-17(12)25-10-19(23)24)26-11-18-13(2)22-20(27-18)14-3-5-15(21)6-4-14/h5-11H,4,12-13H2,1-3H3;3-9H,10-11H2,1-2H3,(H,23,24). The highest BCUT2D eigenvalue weighted by Crippen LogP contribution is 2.35. The highest BCUT2D eigenvalue weighted by Gasteiger charge is 2.13. The second-order valence-corrected chi connectivity index (χ2v) is 16.5. The minimum Gasteiger partial charge on any atom is -0.482 e. The van der Waals surface area contributed by atoms with Crippen LogP contribution in [0.3, 0.4) is 0 Å². The number of aryl methyl sites for hydroxylation is 4. The van der Waals surface area contributed by atoms with E-state index in [0.29, 0.717) is 18.1 Å². The lowest BCUT2D eigenvalue weighted by atomic mass is 10.2. The van der Waals surface area contributed by atoms with Crippen molar-refractivity contribution in [2.45, 2.75) is 55.9 Å². The number of benzene rings is 4. The molecule has 1 N–H and O–H groups in total. The number of carboxylic acids is 1. The molecule has 0 aliphatic heterocycles. The fraction of sp³-hybridized carbons (Fsp3) is 0.238. The van der Waals surface area contributed by atoms with Crippen LogP contribution in [0.5, 0.6) is 11.5 Å². The van der Waals surface area contributed by atoms with Gasteiger partial charge in [-0.1, -0.05) is 0 Å². The van der Waals surface area contributed by atoms with Crippen molar-refractivity contribution < 1.29 is 37.7 Å². The molecule has 0 atom stereocenters. The van der Waals surface area contributed by atoms with Gasteiger partial charge in [0.15, 0.2) is 13.2 Å². The molecule has 292 valence electrons. The average molecular weight is 835 g/mol. The smallest absolute Gasteiger partial charge is 0.344 e. The number of thioether (sulfide) groups is 2. The van der Waals surface area contributed by atoms with Crippen molar-refractivity contribution >= 4 is 58.1 Å². The number of aliphatic carboxylic acids is 1. The molecule has 6 aromatic rings. The number of ether oxygens (including phenoxy) is 3. The Balaban J connectivity index is 0.000000215. The molecule has 2 aromatic heterocycles. The second-order valence-electron chi connectivity index (χ2n) is 12.3. The maximum absolute atomic E-state index is 13.1. The van der Waals surface area contributed by atoms with E-state index in [9.17, 15) is 18.4 Å². The van der Waals surface area contributed by atoms with Crippen LogP contribution in [0.25, 0.3) is 21.1 Å². The minimum absolute atomic E-state index is 0.0899. The quantitative estimate of drug-likeness (QED) is 0.0793. The van der Waals surface area contributed by atoms with Gasteiger partial charge in [0.05, 0.1) is 18.0 Å². The number of carbonyl (C=O) groups is 2. The lowest BCUT2D eigenvalue weighted by Crippen LogP contribution is -2.14. The van der Waals surface area contributed by atoms with Gasteiger partial charge in [-0.15, -0.1) is 46.2 Å². The summed E-state index contributed by atoms with van der Waals surface area (Å²) in [5.74, 6) is 0.960. The topological polar surface area (TPSA) is 108 Å². The Bertz CT molecular complexity index is 2260. The first-order chi connectivity index (χ1) is 26.9. The van der Waals surface area contributed by atoms with Crippen LogP contribution in [-0.2, 0) is 25.8 Å². The van der Waals surface area contributed by atoms with Gasteiger partial charge in [-0.05, 0) is 131 Å². The van der Waals surface area contributed by atoms with Crippen LogP contribution in [0.15, 0.2) is 94.7 Å². The Kier molecular flexibility index (Phi) is 15.5. The molecular formula is C42H40F2N2O6S4. The summed E-state index contributed by atoms with van der Waals surface area (Å²) in [7, 11) is 0. The van der Waals surface area contributed by atoms with Gasteiger partial charge < -0.3 is 19.3 Å². The van der Waals surface area contributed by atoms with Crippen molar-refractivity contribution in [3.8, 4) is 32.6 Å². The van der Waals surface area contributed by atoms with E-state index in [1.165, 1.54) is 34.0 Å². The largest absolute Gasteiger partial charge is 0.482 e. The molecule has 0 saturated heterocycles. The van der Waals surface area contributed by atoms with Crippen LogP contribution < -0.4 is 9.47 Å². The molecule has 6 rings (SSSR count). The lowest BCUT2D eigenvalue weighted by Gasteiger charge is -2.10. The Hall–Kier alpha value is -4.76. The molecule has 0 spiro atoms. The zero-order valence-corrected chi connectivity index (χ0v) is 34.7. The van der Waals surface area contributed by atoms with Gasteiger partial charge in [-0.3, -0.25) is 0 Å². The summed E-state index contributed by atoms with van der Waals surface area (Å²) >= 11 is 6.64. The number of hydrogen-bond donors (Lipinski definition) is 1. The van der Waals surface area contributed by atoms with Crippen molar-refractivity contribution in [3.63, 3.8) is 0 Å². The van der Waals surface area contributed by atoms with Gasteiger partial charge in [0, 0.05) is 42.2 Å². The Morgan fingerprint density at radius 2 is 1.09 bits per heavy atom. The molecule has 14 heteroatoms. The lowest BCUT2D eigenvalue weighted by molar-refractivity contribution is -0.145. The molecule has 0 aliphatic carbocycles. The van der Waals surface area contributed by atoms with E-state index < -0.39 is 5.97 Å². The first-order valence-electron chi connectivity index (χ1n) is 17.4. The normalized spacial score (nSPS) is 10.8. The maximum Gasteiger partial charge on any atom is 0.344 e. The Morgan fingerprint density at radius 3 is 1.48 bits per heavy atom. The molecule has 0 unspecified atom stereocenters. The van der Waals surface area contributed by atoms with Crippen LogP contribution in [0.1, 0.15) is 39.2 Å². The molecular weight excluding hydrogens is 795 g/mol. The fourth-order valence-corrected chi connectivity index (χ4v) is 9.49. The van der Waals surface area contributed by atoms with Crippen molar-refractivity contribution in [2.75, 3.05) is 19.8 Å². The molecule has 2 heterocycles. The van der Waals surface area contributed by atoms with Crippen molar-refractivity contribution in [3.05, 3.63) is 129 Å². The fourth-order valence-electron chi connectivity index (χ4n) is 5.08. The van der Waals surface area contributed by atoms with E-state index in [0.717, 1.165) is 65.0 Å². The summed E-state index contributed by atoms with van der Waals surface area (Å²) in [6.45, 7) is 9.50. The van der Waals surface area contributed by atoms with Crippen molar-refractivity contribution in [1.29, 1.82) is 0 Å². The van der Waals surface area contributed by atoms with Crippen LogP contribution >= 0.6 is 46.2 Å². The number of carbonyl (C=O) groups excluding carboxylic acids is 1. The van der Waals surface area contributed by atoms with Gasteiger partial charge in [0.25, 0.3) is 0 Å². The van der Waals surface area contributed by atoms with E-state index in [1.807, 2.05) is 58.0 Å². The first kappa shape index (κ1) is 42.4. The van der Waals surface area contributed by atoms with E-state index in [-0.39, 0.29) is 30.8 Å². The number of hydrogen-bond acceptors (Lipinski definition) is 11. The summed E-state index contributed by atoms with van der Waals surface area (Å²) in [5, 5.41) is 10.5. The van der Waals surface area contributed by atoms with E-state index in [2.05, 4.69) is 9.97 Å². The van der Waals surface area contributed by atoms with E-state index in [1.54, 1.807) is 83.5 Å². The zero-order chi connectivity index (χ0) is 40.2. The molecule has 0 aliphatic rings. The van der Waals surface area contributed by atoms with Crippen LogP contribution in [0.4, 0.5) is 8.78 Å². The molecule has 0 radical (unpaired) electrons. The van der Waals surface area contributed by atoms with E-state index >= 15 is 0 Å². The zero-order valence-electron chi connectivity index (χ0n) is 31.4. The highest BCUT2D eigenvalue weighted by atomic mass is 32.2. The van der Waals surface area contributed by atoms with Gasteiger partial charge in [0.1, 0.15) is 33.1 Å². The number of esters is 1. The number of carboxylic acid groups (broad SMARTS) is 1. The average Bonchev–Trinajstić information content (AvgIpc) is 3.74. The third kappa shape index (κ3) is 12.4. The number of halogens is 2. The SMILES string of the molecule is CCOC(=O)COc1ccc(SCc2sc(-c3ccc(F)cc3)nc2C)cc1C.Cc1cc(SCc2sc(-c3ccc(F)cc3)nc2C)ccc1OCC(=O)O. The molecule has 56 heavy (non-hydrogen) atoms. The van der Waals surface area contributed by atoms with Gasteiger partial charge >= 0.3 is 11.9 Å². The van der Waals surface area contributed by atoms with Crippen LogP contribution in [-0.4, -0.2) is 46.8 Å². The summed E-state index contributed by atoms with van der Waals surface area (Å²) in [4.78, 5) is 35.8. The molecule has 8 nitrogen and oxygen atoms in total. The molecule has 0 fully saturated rings. The van der Waals surface area contributed by atoms with Crippen LogP contribution in [0.2, 0.25) is 0 Å².